The molecule has 1 aromatic heterocycles. The van der Waals surface area contributed by atoms with Crippen molar-refractivity contribution in [3.8, 4) is 0 Å². The highest BCUT2D eigenvalue weighted by Crippen LogP contribution is 2.26. The first-order chi connectivity index (χ1) is 9.48. The van der Waals surface area contributed by atoms with Gasteiger partial charge in [0.2, 0.25) is 5.91 Å². The number of amides is 1. The van der Waals surface area contributed by atoms with Crippen LogP contribution in [0.5, 0.6) is 0 Å². The first kappa shape index (κ1) is 14.5. The number of piperazine rings is 1. The Morgan fingerprint density at radius 3 is 2.95 bits per heavy atom. The molecule has 20 heavy (non-hydrogen) atoms. The number of aromatic nitrogens is 2. The molecule has 1 fully saturated rings. The molecule has 1 saturated heterocycles. The van der Waals surface area contributed by atoms with Gasteiger partial charge < -0.3 is 20.4 Å². The zero-order valence-corrected chi connectivity index (χ0v) is 11.9. The van der Waals surface area contributed by atoms with Crippen molar-refractivity contribution < 1.29 is 9.53 Å². The van der Waals surface area contributed by atoms with E-state index in [1.165, 1.54) is 0 Å². The second-order valence-corrected chi connectivity index (χ2v) is 5.07. The molecule has 0 bridgehead atoms. The number of nitrogens with two attached hydrogens (primary N) is 1. The standard InChI is InChI=1S/C12H20N6O2/c1-12(2)11(19)14-4-5-18(12)10-6-8(17-13)15-9(16-10)7-20-3/h6H,4-5,7,13H2,1-3H3,(H,14,19)(H,15,16,17). The Labute approximate surface area is 117 Å². The minimum atomic E-state index is -0.678. The third kappa shape index (κ3) is 2.66. The number of anilines is 2. The summed E-state index contributed by atoms with van der Waals surface area (Å²) in [6.45, 7) is 5.25. The van der Waals surface area contributed by atoms with Crippen LogP contribution < -0.4 is 21.5 Å². The molecule has 110 valence electrons. The van der Waals surface area contributed by atoms with Gasteiger partial charge >= 0.3 is 0 Å². The van der Waals surface area contributed by atoms with Crippen LogP contribution in [-0.2, 0) is 16.1 Å². The molecule has 0 unspecified atom stereocenters. The van der Waals surface area contributed by atoms with Gasteiger partial charge in [0.25, 0.3) is 0 Å². The lowest BCUT2D eigenvalue weighted by Crippen LogP contribution is -2.62. The predicted octanol–water partition coefficient (Wildman–Crippen LogP) is -0.377. The minimum Gasteiger partial charge on any atom is -0.377 e. The molecule has 0 radical (unpaired) electrons. The molecular formula is C12H20N6O2. The predicted molar refractivity (Wildman–Crippen MR) is 75.0 cm³/mol. The van der Waals surface area contributed by atoms with Crippen LogP contribution in [0.3, 0.4) is 0 Å². The van der Waals surface area contributed by atoms with Gasteiger partial charge in [0.1, 0.15) is 23.8 Å². The van der Waals surface area contributed by atoms with Crippen LogP contribution in [0, 0.1) is 0 Å². The Bertz CT molecular complexity index is 505. The van der Waals surface area contributed by atoms with Crippen molar-refractivity contribution >= 4 is 17.5 Å². The second-order valence-electron chi connectivity index (χ2n) is 5.07. The number of rotatable bonds is 4. The number of nitrogens with zero attached hydrogens (tertiary/aromatic N) is 3. The monoisotopic (exact) mass is 280 g/mol. The van der Waals surface area contributed by atoms with Crippen LogP contribution in [0.25, 0.3) is 0 Å². The lowest BCUT2D eigenvalue weighted by molar-refractivity contribution is -0.126. The van der Waals surface area contributed by atoms with Crippen molar-refractivity contribution in [3.05, 3.63) is 11.9 Å². The van der Waals surface area contributed by atoms with Crippen molar-refractivity contribution in [2.45, 2.75) is 26.0 Å². The Morgan fingerprint density at radius 2 is 2.30 bits per heavy atom. The average Bonchev–Trinajstić information content (AvgIpc) is 2.41. The second kappa shape index (κ2) is 5.59. The molecule has 0 aliphatic carbocycles. The summed E-state index contributed by atoms with van der Waals surface area (Å²) in [6.07, 6.45) is 0. The summed E-state index contributed by atoms with van der Waals surface area (Å²) in [5.74, 6) is 7.06. The van der Waals surface area contributed by atoms with E-state index < -0.39 is 5.54 Å². The summed E-state index contributed by atoms with van der Waals surface area (Å²) < 4.78 is 5.05. The van der Waals surface area contributed by atoms with Gasteiger partial charge in [0.05, 0.1) is 0 Å². The molecule has 2 rings (SSSR count). The van der Waals surface area contributed by atoms with Crippen LogP contribution in [0.2, 0.25) is 0 Å². The fourth-order valence-electron chi connectivity index (χ4n) is 2.19. The molecule has 1 aliphatic rings. The highest BCUT2D eigenvalue weighted by atomic mass is 16.5. The van der Waals surface area contributed by atoms with Crippen LogP contribution in [0.15, 0.2) is 6.07 Å². The number of methoxy groups -OCH3 is 1. The maximum atomic E-state index is 12.0. The van der Waals surface area contributed by atoms with Gasteiger partial charge in [-0.25, -0.2) is 15.8 Å². The van der Waals surface area contributed by atoms with Crippen molar-refractivity contribution in [2.75, 3.05) is 30.5 Å². The number of hydrazine groups is 1. The number of hydrogen-bond donors (Lipinski definition) is 3. The zero-order chi connectivity index (χ0) is 14.8. The summed E-state index contributed by atoms with van der Waals surface area (Å²) >= 11 is 0. The molecular weight excluding hydrogens is 260 g/mol. The maximum Gasteiger partial charge on any atom is 0.245 e. The largest absolute Gasteiger partial charge is 0.377 e. The molecule has 1 amide bonds. The number of carbonyl (C=O) groups is 1. The summed E-state index contributed by atoms with van der Waals surface area (Å²) in [4.78, 5) is 22.6. The quantitative estimate of drug-likeness (QED) is 0.510. The number of carbonyl (C=O) groups excluding carboxylic acids is 1. The number of nitrogens with one attached hydrogen (secondary N) is 2. The lowest BCUT2D eigenvalue weighted by atomic mass is 9.99. The van der Waals surface area contributed by atoms with Crippen molar-refractivity contribution in [3.63, 3.8) is 0 Å². The molecule has 1 aliphatic heterocycles. The van der Waals surface area contributed by atoms with Crippen LogP contribution in [-0.4, -0.2) is 41.6 Å². The highest BCUT2D eigenvalue weighted by Gasteiger charge is 2.38. The van der Waals surface area contributed by atoms with Gasteiger partial charge in [-0.05, 0) is 13.8 Å². The van der Waals surface area contributed by atoms with E-state index in [1.807, 2.05) is 18.7 Å². The lowest BCUT2D eigenvalue weighted by Gasteiger charge is -2.42. The van der Waals surface area contributed by atoms with Gasteiger partial charge in [-0.15, -0.1) is 0 Å². The van der Waals surface area contributed by atoms with Gasteiger partial charge in [0, 0.05) is 26.3 Å². The van der Waals surface area contributed by atoms with E-state index in [1.54, 1.807) is 13.2 Å². The molecule has 0 saturated carbocycles. The molecule has 0 atom stereocenters. The Balaban J connectivity index is 2.40. The summed E-state index contributed by atoms with van der Waals surface area (Å²) in [5, 5.41) is 2.85. The maximum absolute atomic E-state index is 12.0. The Morgan fingerprint density at radius 1 is 1.55 bits per heavy atom. The Kier molecular flexibility index (Phi) is 4.05. The van der Waals surface area contributed by atoms with Crippen LogP contribution >= 0.6 is 0 Å². The van der Waals surface area contributed by atoms with Gasteiger partial charge in [-0.1, -0.05) is 0 Å². The topological polar surface area (TPSA) is 105 Å². The molecule has 2 heterocycles. The summed E-state index contributed by atoms with van der Waals surface area (Å²) in [7, 11) is 1.57. The minimum absolute atomic E-state index is 0.0297. The fraction of sp³-hybridized carbons (Fsp3) is 0.583. The van der Waals surface area contributed by atoms with E-state index in [0.29, 0.717) is 30.5 Å². The van der Waals surface area contributed by atoms with E-state index in [4.69, 9.17) is 10.6 Å². The van der Waals surface area contributed by atoms with E-state index in [9.17, 15) is 4.79 Å². The Hall–Kier alpha value is -1.93. The summed E-state index contributed by atoms with van der Waals surface area (Å²) in [6, 6.07) is 1.72. The highest BCUT2D eigenvalue weighted by molar-refractivity contribution is 5.90. The number of hydrogen-bond acceptors (Lipinski definition) is 7. The third-order valence-electron chi connectivity index (χ3n) is 3.31. The van der Waals surface area contributed by atoms with Crippen LogP contribution in [0.1, 0.15) is 19.7 Å². The normalized spacial score (nSPS) is 17.8. The van der Waals surface area contributed by atoms with Gasteiger partial charge in [-0.3, -0.25) is 4.79 Å². The van der Waals surface area contributed by atoms with Crippen molar-refractivity contribution in [2.24, 2.45) is 5.84 Å². The number of ether oxygens (including phenoxy) is 1. The molecule has 0 spiro atoms. The van der Waals surface area contributed by atoms with Gasteiger partial charge in [0.15, 0.2) is 5.82 Å². The zero-order valence-electron chi connectivity index (χ0n) is 11.9. The molecule has 8 nitrogen and oxygen atoms in total. The number of nitrogen functional groups attached to an aromatic ring is 1. The van der Waals surface area contributed by atoms with Crippen molar-refractivity contribution in [1.29, 1.82) is 0 Å². The third-order valence-corrected chi connectivity index (χ3v) is 3.31. The van der Waals surface area contributed by atoms with Crippen molar-refractivity contribution in [1.82, 2.24) is 15.3 Å². The smallest absolute Gasteiger partial charge is 0.245 e. The SMILES string of the molecule is COCc1nc(NN)cc(N2CCNC(=O)C2(C)C)n1. The van der Waals surface area contributed by atoms with Crippen LogP contribution in [0.4, 0.5) is 11.6 Å². The molecule has 1 aromatic rings. The van der Waals surface area contributed by atoms with E-state index in [2.05, 4.69) is 20.7 Å². The first-order valence-electron chi connectivity index (χ1n) is 6.38. The van der Waals surface area contributed by atoms with E-state index >= 15 is 0 Å². The van der Waals surface area contributed by atoms with Gasteiger partial charge in [-0.2, -0.15) is 0 Å². The molecule has 0 aromatic carbocycles. The fourth-order valence-corrected chi connectivity index (χ4v) is 2.19. The average molecular weight is 280 g/mol. The molecule has 4 N–H and O–H groups in total. The van der Waals surface area contributed by atoms with E-state index in [0.717, 1.165) is 0 Å². The molecule has 8 heteroatoms. The first-order valence-corrected chi connectivity index (χ1v) is 6.38. The summed E-state index contributed by atoms with van der Waals surface area (Å²) in [5.41, 5.74) is 1.83. The van der Waals surface area contributed by atoms with E-state index in [-0.39, 0.29) is 12.5 Å².